The molecule has 0 bridgehead atoms. The fourth-order valence-corrected chi connectivity index (χ4v) is 4.25. The van der Waals surface area contributed by atoms with Crippen molar-refractivity contribution in [2.45, 2.75) is 50.3 Å². The fourth-order valence-electron chi connectivity index (χ4n) is 2.82. The van der Waals surface area contributed by atoms with Crippen molar-refractivity contribution in [3.8, 4) is 5.75 Å². The summed E-state index contributed by atoms with van der Waals surface area (Å²) in [6, 6.07) is 8.82. The van der Waals surface area contributed by atoms with E-state index in [4.69, 9.17) is 4.74 Å². The first-order valence-electron chi connectivity index (χ1n) is 7.83. The first kappa shape index (κ1) is 15.7. The van der Waals surface area contributed by atoms with E-state index in [0.29, 0.717) is 6.04 Å². The number of thioether (sulfide) groups is 1. The van der Waals surface area contributed by atoms with Gasteiger partial charge in [0.2, 0.25) is 0 Å². The van der Waals surface area contributed by atoms with Gasteiger partial charge in [0.1, 0.15) is 5.75 Å². The normalized spacial score (nSPS) is 17.3. The summed E-state index contributed by atoms with van der Waals surface area (Å²) in [7, 11) is 1.76. The molecule has 112 valence electrons. The molecule has 1 saturated carbocycles. The standard InChI is InChI=1S/C17H27NOS/c1-3-12-18-16(13-20-14-8-4-5-9-14)15-10-6-7-11-17(15)19-2/h6-7,10-11,14,16,18H,3-5,8-9,12-13H2,1-2H3. The van der Waals surface area contributed by atoms with Gasteiger partial charge in [-0.3, -0.25) is 0 Å². The molecule has 1 aromatic rings. The van der Waals surface area contributed by atoms with Crippen LogP contribution in [-0.4, -0.2) is 24.7 Å². The number of nitrogens with one attached hydrogen (secondary N) is 1. The zero-order chi connectivity index (χ0) is 14.2. The average Bonchev–Trinajstić information content (AvgIpc) is 3.01. The zero-order valence-electron chi connectivity index (χ0n) is 12.7. The van der Waals surface area contributed by atoms with Gasteiger partial charge >= 0.3 is 0 Å². The van der Waals surface area contributed by atoms with Gasteiger partial charge in [-0.2, -0.15) is 11.8 Å². The van der Waals surface area contributed by atoms with Gasteiger partial charge in [0.05, 0.1) is 7.11 Å². The molecule has 20 heavy (non-hydrogen) atoms. The van der Waals surface area contributed by atoms with E-state index in [1.165, 1.54) is 37.7 Å². The summed E-state index contributed by atoms with van der Waals surface area (Å²) in [5.74, 6) is 2.15. The van der Waals surface area contributed by atoms with Gasteiger partial charge in [0.25, 0.3) is 0 Å². The Morgan fingerprint density at radius 2 is 2.05 bits per heavy atom. The Kier molecular flexibility index (Phi) is 6.74. The third kappa shape index (κ3) is 4.42. The van der Waals surface area contributed by atoms with Crippen LogP contribution in [0.1, 0.15) is 50.6 Å². The van der Waals surface area contributed by atoms with Gasteiger partial charge < -0.3 is 10.1 Å². The van der Waals surface area contributed by atoms with Crippen LogP contribution in [0, 0.1) is 0 Å². The number of ether oxygens (including phenoxy) is 1. The van der Waals surface area contributed by atoms with Crippen LogP contribution in [0.15, 0.2) is 24.3 Å². The minimum absolute atomic E-state index is 0.400. The molecule has 0 radical (unpaired) electrons. The second kappa shape index (κ2) is 8.58. The lowest BCUT2D eigenvalue weighted by atomic mass is 10.1. The number of hydrogen-bond acceptors (Lipinski definition) is 3. The summed E-state index contributed by atoms with van der Waals surface area (Å²) in [5, 5.41) is 4.55. The molecule has 1 aromatic carbocycles. The fraction of sp³-hybridized carbons (Fsp3) is 0.647. The summed E-state index contributed by atoms with van der Waals surface area (Å²) in [5.41, 5.74) is 1.30. The average molecular weight is 293 g/mol. The molecule has 0 spiro atoms. The highest BCUT2D eigenvalue weighted by Crippen LogP contribution is 2.34. The summed E-state index contributed by atoms with van der Waals surface area (Å²) in [6.07, 6.45) is 6.80. The molecule has 1 fully saturated rings. The van der Waals surface area contributed by atoms with Gasteiger partial charge in [-0.15, -0.1) is 0 Å². The first-order chi connectivity index (χ1) is 9.85. The minimum atomic E-state index is 0.400. The number of para-hydroxylation sites is 1. The Labute approximate surface area is 127 Å². The quantitative estimate of drug-likeness (QED) is 0.767. The number of rotatable bonds is 8. The topological polar surface area (TPSA) is 21.3 Å². The van der Waals surface area contributed by atoms with E-state index in [1.807, 2.05) is 6.07 Å². The smallest absolute Gasteiger partial charge is 0.123 e. The molecule has 1 aliphatic carbocycles. The second-order valence-electron chi connectivity index (χ2n) is 5.49. The molecule has 1 N–H and O–H groups in total. The maximum absolute atomic E-state index is 5.53. The maximum Gasteiger partial charge on any atom is 0.123 e. The van der Waals surface area contributed by atoms with E-state index in [1.54, 1.807) is 7.11 Å². The van der Waals surface area contributed by atoms with Crippen LogP contribution in [0.3, 0.4) is 0 Å². The van der Waals surface area contributed by atoms with Crippen LogP contribution in [0.25, 0.3) is 0 Å². The third-order valence-electron chi connectivity index (χ3n) is 3.96. The molecule has 2 rings (SSSR count). The zero-order valence-corrected chi connectivity index (χ0v) is 13.5. The maximum atomic E-state index is 5.53. The number of benzene rings is 1. The highest BCUT2D eigenvalue weighted by atomic mass is 32.2. The molecule has 1 atom stereocenters. The number of hydrogen-bond donors (Lipinski definition) is 1. The van der Waals surface area contributed by atoms with Gasteiger partial charge in [-0.1, -0.05) is 38.0 Å². The molecule has 3 heteroatoms. The van der Waals surface area contributed by atoms with Crippen LogP contribution in [0.2, 0.25) is 0 Å². The molecule has 1 unspecified atom stereocenters. The lowest BCUT2D eigenvalue weighted by Gasteiger charge is -2.22. The van der Waals surface area contributed by atoms with Crippen molar-refractivity contribution in [3.05, 3.63) is 29.8 Å². The predicted molar refractivity (Wildman–Crippen MR) is 88.7 cm³/mol. The van der Waals surface area contributed by atoms with Crippen LogP contribution >= 0.6 is 11.8 Å². The van der Waals surface area contributed by atoms with Crippen molar-refractivity contribution < 1.29 is 4.74 Å². The Bertz CT molecular complexity index is 390. The monoisotopic (exact) mass is 293 g/mol. The first-order valence-corrected chi connectivity index (χ1v) is 8.88. The minimum Gasteiger partial charge on any atom is -0.496 e. The van der Waals surface area contributed by atoms with E-state index < -0.39 is 0 Å². The summed E-state index contributed by atoms with van der Waals surface area (Å²) in [6.45, 7) is 3.28. The molecule has 2 nitrogen and oxygen atoms in total. The Morgan fingerprint density at radius 1 is 1.30 bits per heavy atom. The molecule has 0 heterocycles. The van der Waals surface area contributed by atoms with Gasteiger partial charge in [0.15, 0.2) is 0 Å². The Morgan fingerprint density at radius 3 is 2.75 bits per heavy atom. The Hall–Kier alpha value is -0.670. The van der Waals surface area contributed by atoms with Gasteiger partial charge in [-0.25, -0.2) is 0 Å². The molecule has 0 amide bonds. The van der Waals surface area contributed by atoms with Gasteiger partial charge in [0, 0.05) is 22.6 Å². The van der Waals surface area contributed by atoms with Crippen LogP contribution in [-0.2, 0) is 0 Å². The van der Waals surface area contributed by atoms with E-state index >= 15 is 0 Å². The predicted octanol–water partition coefficient (Wildman–Crippen LogP) is 4.41. The molecule has 1 aliphatic rings. The second-order valence-corrected chi connectivity index (χ2v) is 6.82. The van der Waals surface area contributed by atoms with Crippen molar-refractivity contribution in [1.82, 2.24) is 5.32 Å². The van der Waals surface area contributed by atoms with Crippen molar-refractivity contribution >= 4 is 11.8 Å². The van der Waals surface area contributed by atoms with Gasteiger partial charge in [-0.05, 0) is 31.9 Å². The lowest BCUT2D eigenvalue weighted by Crippen LogP contribution is -2.25. The third-order valence-corrected chi connectivity index (χ3v) is 5.42. The molecular formula is C17H27NOS. The summed E-state index contributed by atoms with van der Waals surface area (Å²) < 4.78 is 5.53. The van der Waals surface area contributed by atoms with Crippen LogP contribution in [0.4, 0.5) is 0 Å². The highest BCUT2D eigenvalue weighted by Gasteiger charge is 2.20. The van der Waals surface area contributed by atoms with E-state index in [2.05, 4.69) is 42.2 Å². The molecule has 0 aromatic heterocycles. The van der Waals surface area contributed by atoms with E-state index in [-0.39, 0.29) is 0 Å². The number of methoxy groups -OCH3 is 1. The van der Waals surface area contributed by atoms with Crippen molar-refractivity contribution in [2.24, 2.45) is 0 Å². The lowest BCUT2D eigenvalue weighted by molar-refractivity contribution is 0.402. The largest absolute Gasteiger partial charge is 0.496 e. The van der Waals surface area contributed by atoms with Crippen molar-refractivity contribution in [2.75, 3.05) is 19.4 Å². The van der Waals surface area contributed by atoms with E-state index in [0.717, 1.165) is 23.3 Å². The van der Waals surface area contributed by atoms with Crippen molar-refractivity contribution in [1.29, 1.82) is 0 Å². The molecular weight excluding hydrogens is 266 g/mol. The summed E-state index contributed by atoms with van der Waals surface area (Å²) >= 11 is 2.14. The Balaban J connectivity index is 2.01. The summed E-state index contributed by atoms with van der Waals surface area (Å²) in [4.78, 5) is 0. The van der Waals surface area contributed by atoms with Crippen molar-refractivity contribution in [3.63, 3.8) is 0 Å². The van der Waals surface area contributed by atoms with Crippen LogP contribution in [0.5, 0.6) is 5.75 Å². The molecule has 0 aliphatic heterocycles. The van der Waals surface area contributed by atoms with E-state index in [9.17, 15) is 0 Å². The SMILES string of the molecule is CCCNC(CSC1CCCC1)c1ccccc1OC. The molecule has 0 saturated heterocycles. The highest BCUT2D eigenvalue weighted by molar-refractivity contribution is 7.99. The van der Waals surface area contributed by atoms with Crippen LogP contribution < -0.4 is 10.1 Å².